The summed E-state index contributed by atoms with van der Waals surface area (Å²) in [5, 5.41) is 6.67. The molecule has 3 aromatic rings. The highest BCUT2D eigenvalue weighted by Crippen LogP contribution is 2.23. The number of aromatic nitrogens is 1. The third-order valence-electron chi connectivity index (χ3n) is 5.30. The minimum absolute atomic E-state index is 0.278. The average molecular weight is 417 g/mol. The summed E-state index contributed by atoms with van der Waals surface area (Å²) in [5.41, 5.74) is 9.66. The number of carbonyl (C=O) groups is 2. The van der Waals surface area contributed by atoms with Crippen molar-refractivity contribution in [1.29, 1.82) is 0 Å². The molecule has 0 fully saturated rings. The maximum absolute atomic E-state index is 12.1. The molecule has 0 saturated carbocycles. The standard InChI is InChI=1S/C25H28N4O2/c1-16-11-12-17(2)23(13-16)29-18(3)14-22(20(29)5)15-26-28-25(31)24(30)27-19(4)21-9-7-6-8-10-21/h6-15,19H,1-5H3,(H,27,30)(H,28,31)/b26-15-/t19-/m0/s1. The fourth-order valence-corrected chi connectivity index (χ4v) is 3.55. The number of rotatable bonds is 5. The van der Waals surface area contributed by atoms with Crippen LogP contribution < -0.4 is 10.7 Å². The van der Waals surface area contributed by atoms with Gasteiger partial charge < -0.3 is 9.88 Å². The predicted molar refractivity (Wildman–Crippen MR) is 123 cm³/mol. The fraction of sp³-hybridized carbons (Fsp3) is 0.240. The Morgan fingerprint density at radius 2 is 1.68 bits per heavy atom. The monoisotopic (exact) mass is 416 g/mol. The molecular formula is C25H28N4O2. The van der Waals surface area contributed by atoms with Gasteiger partial charge in [0.1, 0.15) is 0 Å². The van der Waals surface area contributed by atoms with Crippen molar-refractivity contribution in [3.63, 3.8) is 0 Å². The molecule has 160 valence electrons. The molecule has 0 aliphatic carbocycles. The number of aryl methyl sites for hydroxylation is 3. The lowest BCUT2D eigenvalue weighted by molar-refractivity contribution is -0.139. The van der Waals surface area contributed by atoms with Crippen molar-refractivity contribution in [2.75, 3.05) is 0 Å². The summed E-state index contributed by atoms with van der Waals surface area (Å²) < 4.78 is 2.17. The first-order chi connectivity index (χ1) is 14.8. The van der Waals surface area contributed by atoms with Crippen molar-refractivity contribution in [1.82, 2.24) is 15.3 Å². The first-order valence-electron chi connectivity index (χ1n) is 10.2. The van der Waals surface area contributed by atoms with Crippen LogP contribution in [0, 0.1) is 27.7 Å². The second-order valence-corrected chi connectivity index (χ2v) is 7.76. The van der Waals surface area contributed by atoms with Gasteiger partial charge >= 0.3 is 11.8 Å². The first kappa shape index (κ1) is 22.0. The maximum atomic E-state index is 12.1. The smallest absolute Gasteiger partial charge is 0.329 e. The van der Waals surface area contributed by atoms with Gasteiger partial charge in [0.15, 0.2) is 0 Å². The number of amides is 2. The molecule has 1 aromatic heterocycles. The molecule has 1 heterocycles. The van der Waals surface area contributed by atoms with Crippen LogP contribution in [0.15, 0.2) is 59.7 Å². The molecule has 0 radical (unpaired) electrons. The Bertz CT molecular complexity index is 1130. The number of hydrogen-bond acceptors (Lipinski definition) is 3. The molecule has 0 aliphatic rings. The highest BCUT2D eigenvalue weighted by Gasteiger charge is 2.17. The molecular weight excluding hydrogens is 388 g/mol. The molecule has 0 unspecified atom stereocenters. The van der Waals surface area contributed by atoms with Crippen LogP contribution in [0.25, 0.3) is 5.69 Å². The topological polar surface area (TPSA) is 75.5 Å². The molecule has 31 heavy (non-hydrogen) atoms. The van der Waals surface area contributed by atoms with E-state index in [1.807, 2.05) is 57.2 Å². The van der Waals surface area contributed by atoms with Crippen LogP contribution in [0.5, 0.6) is 0 Å². The van der Waals surface area contributed by atoms with Crippen molar-refractivity contribution in [3.05, 3.63) is 88.2 Å². The van der Waals surface area contributed by atoms with Crippen LogP contribution in [0.1, 0.15) is 46.6 Å². The Morgan fingerprint density at radius 1 is 0.968 bits per heavy atom. The summed E-state index contributed by atoms with van der Waals surface area (Å²) in [6, 6.07) is 17.5. The Balaban J connectivity index is 1.68. The van der Waals surface area contributed by atoms with E-state index in [9.17, 15) is 9.59 Å². The van der Waals surface area contributed by atoms with E-state index in [2.05, 4.69) is 52.5 Å². The lowest BCUT2D eigenvalue weighted by Gasteiger charge is -2.13. The van der Waals surface area contributed by atoms with Crippen LogP contribution in [0.4, 0.5) is 0 Å². The van der Waals surface area contributed by atoms with Gasteiger partial charge in [-0.3, -0.25) is 9.59 Å². The van der Waals surface area contributed by atoms with E-state index in [0.29, 0.717) is 0 Å². The molecule has 0 spiro atoms. The van der Waals surface area contributed by atoms with Crippen molar-refractivity contribution >= 4 is 18.0 Å². The van der Waals surface area contributed by atoms with Gasteiger partial charge in [0.05, 0.1) is 12.3 Å². The summed E-state index contributed by atoms with van der Waals surface area (Å²) in [7, 11) is 0. The van der Waals surface area contributed by atoms with Crippen LogP contribution in [0.3, 0.4) is 0 Å². The van der Waals surface area contributed by atoms with Gasteiger partial charge in [0.2, 0.25) is 0 Å². The van der Waals surface area contributed by atoms with Gasteiger partial charge in [-0.2, -0.15) is 5.10 Å². The number of hydrazone groups is 1. The van der Waals surface area contributed by atoms with E-state index in [1.54, 1.807) is 6.21 Å². The van der Waals surface area contributed by atoms with Gasteiger partial charge in [0, 0.05) is 22.6 Å². The third kappa shape index (κ3) is 5.09. The summed E-state index contributed by atoms with van der Waals surface area (Å²) in [4.78, 5) is 24.3. The van der Waals surface area contributed by atoms with Crippen LogP contribution in [-0.4, -0.2) is 22.6 Å². The quantitative estimate of drug-likeness (QED) is 0.374. The Hall–Kier alpha value is -3.67. The second kappa shape index (κ2) is 9.43. The van der Waals surface area contributed by atoms with E-state index in [1.165, 1.54) is 11.1 Å². The number of nitrogens with zero attached hydrogens (tertiary/aromatic N) is 2. The molecule has 2 aromatic carbocycles. The maximum Gasteiger partial charge on any atom is 0.329 e. The normalized spacial score (nSPS) is 12.0. The molecule has 3 rings (SSSR count). The Kier molecular flexibility index (Phi) is 6.70. The zero-order valence-corrected chi connectivity index (χ0v) is 18.6. The van der Waals surface area contributed by atoms with Gasteiger partial charge in [-0.1, -0.05) is 42.5 Å². The molecule has 2 N–H and O–H groups in total. The number of carbonyl (C=O) groups excluding carboxylic acids is 2. The minimum Gasteiger partial charge on any atom is -0.341 e. The van der Waals surface area contributed by atoms with E-state index in [0.717, 1.165) is 28.2 Å². The van der Waals surface area contributed by atoms with E-state index in [4.69, 9.17) is 0 Å². The third-order valence-corrected chi connectivity index (χ3v) is 5.30. The number of benzene rings is 2. The van der Waals surface area contributed by atoms with Crippen molar-refractivity contribution < 1.29 is 9.59 Å². The molecule has 6 nitrogen and oxygen atoms in total. The molecule has 0 aliphatic heterocycles. The van der Waals surface area contributed by atoms with Gasteiger partial charge in [-0.15, -0.1) is 0 Å². The van der Waals surface area contributed by atoms with E-state index >= 15 is 0 Å². The van der Waals surface area contributed by atoms with Crippen LogP contribution in [-0.2, 0) is 9.59 Å². The van der Waals surface area contributed by atoms with Crippen LogP contribution in [0.2, 0.25) is 0 Å². The summed E-state index contributed by atoms with van der Waals surface area (Å²) in [5.74, 6) is -1.53. The second-order valence-electron chi connectivity index (χ2n) is 7.76. The van der Waals surface area contributed by atoms with Crippen molar-refractivity contribution in [2.45, 2.75) is 40.7 Å². The van der Waals surface area contributed by atoms with Crippen LogP contribution >= 0.6 is 0 Å². The molecule has 2 amide bonds. The Morgan fingerprint density at radius 3 is 2.39 bits per heavy atom. The fourth-order valence-electron chi connectivity index (χ4n) is 3.55. The highest BCUT2D eigenvalue weighted by molar-refractivity contribution is 6.35. The summed E-state index contributed by atoms with van der Waals surface area (Å²) >= 11 is 0. The van der Waals surface area contributed by atoms with Crippen molar-refractivity contribution in [2.24, 2.45) is 5.10 Å². The molecule has 0 bridgehead atoms. The highest BCUT2D eigenvalue weighted by atomic mass is 16.2. The summed E-state index contributed by atoms with van der Waals surface area (Å²) in [6.07, 6.45) is 1.57. The number of nitrogens with one attached hydrogen (secondary N) is 2. The lowest BCUT2D eigenvalue weighted by atomic mass is 10.1. The van der Waals surface area contributed by atoms with Gasteiger partial charge in [0.25, 0.3) is 0 Å². The van der Waals surface area contributed by atoms with Gasteiger partial charge in [-0.05, 0) is 63.4 Å². The number of hydrogen-bond donors (Lipinski definition) is 2. The van der Waals surface area contributed by atoms with Gasteiger partial charge in [-0.25, -0.2) is 5.43 Å². The zero-order chi connectivity index (χ0) is 22.5. The Labute approximate surface area is 183 Å². The first-order valence-corrected chi connectivity index (χ1v) is 10.2. The zero-order valence-electron chi connectivity index (χ0n) is 18.6. The largest absolute Gasteiger partial charge is 0.341 e. The molecule has 6 heteroatoms. The lowest BCUT2D eigenvalue weighted by Crippen LogP contribution is -2.39. The predicted octanol–water partition coefficient (Wildman–Crippen LogP) is 4.04. The van der Waals surface area contributed by atoms with E-state index < -0.39 is 11.8 Å². The average Bonchev–Trinajstić information content (AvgIpc) is 3.03. The van der Waals surface area contributed by atoms with Crippen molar-refractivity contribution in [3.8, 4) is 5.69 Å². The van der Waals surface area contributed by atoms with E-state index in [-0.39, 0.29) is 6.04 Å². The minimum atomic E-state index is -0.803. The SMILES string of the molecule is Cc1ccc(C)c(-n2c(C)cc(/C=N\NC(=O)C(=O)N[C@@H](C)c3ccccc3)c2C)c1. The molecule has 0 saturated heterocycles. The molecule has 1 atom stereocenters. The summed E-state index contributed by atoms with van der Waals surface area (Å²) in [6.45, 7) is 10.0.